The summed E-state index contributed by atoms with van der Waals surface area (Å²) in [7, 11) is 0. The van der Waals surface area contributed by atoms with Gasteiger partial charge in [-0.3, -0.25) is 0 Å². The SMILES string of the molecule is CCC1CCC(C(O)C2CCCCC2C(F)(F)F)CC1. The summed E-state index contributed by atoms with van der Waals surface area (Å²) in [6.07, 6.45) is 2.43. The van der Waals surface area contributed by atoms with Crippen LogP contribution in [0, 0.1) is 23.7 Å². The van der Waals surface area contributed by atoms with Crippen LogP contribution in [0.4, 0.5) is 13.2 Å². The number of aliphatic hydroxyl groups is 1. The lowest BCUT2D eigenvalue weighted by molar-refractivity contribution is -0.210. The molecule has 0 aromatic rings. The second-order valence-electron chi connectivity index (χ2n) is 6.78. The first-order valence-electron chi connectivity index (χ1n) is 8.18. The summed E-state index contributed by atoms with van der Waals surface area (Å²) in [5.74, 6) is -1.05. The smallest absolute Gasteiger partial charge is 0.392 e. The van der Waals surface area contributed by atoms with Gasteiger partial charge in [-0.2, -0.15) is 13.2 Å². The van der Waals surface area contributed by atoms with Gasteiger partial charge in [0.05, 0.1) is 12.0 Å². The van der Waals surface area contributed by atoms with Crippen LogP contribution < -0.4 is 0 Å². The van der Waals surface area contributed by atoms with Crippen LogP contribution in [-0.2, 0) is 0 Å². The highest BCUT2D eigenvalue weighted by Crippen LogP contribution is 2.46. The van der Waals surface area contributed by atoms with Crippen molar-refractivity contribution in [3.05, 3.63) is 0 Å². The molecule has 2 rings (SSSR count). The minimum absolute atomic E-state index is 0.0887. The van der Waals surface area contributed by atoms with Crippen molar-refractivity contribution in [2.75, 3.05) is 0 Å². The fraction of sp³-hybridized carbons (Fsp3) is 1.00. The summed E-state index contributed by atoms with van der Waals surface area (Å²) < 4.78 is 39.4. The van der Waals surface area contributed by atoms with Crippen LogP contribution >= 0.6 is 0 Å². The highest BCUT2D eigenvalue weighted by Gasteiger charge is 2.49. The Morgan fingerprint density at radius 2 is 1.60 bits per heavy atom. The topological polar surface area (TPSA) is 20.2 Å². The Bertz CT molecular complexity index is 295. The predicted molar refractivity (Wildman–Crippen MR) is 73.2 cm³/mol. The third-order valence-electron chi connectivity index (χ3n) is 5.63. The molecule has 1 N–H and O–H groups in total. The molecule has 1 nitrogen and oxygen atoms in total. The summed E-state index contributed by atoms with van der Waals surface area (Å²) in [6, 6.07) is 0. The molecule has 118 valence electrons. The zero-order valence-electron chi connectivity index (χ0n) is 12.3. The average Bonchev–Trinajstić information content (AvgIpc) is 2.46. The molecule has 3 unspecified atom stereocenters. The summed E-state index contributed by atoms with van der Waals surface area (Å²) in [5.41, 5.74) is 0. The molecule has 2 aliphatic carbocycles. The Morgan fingerprint density at radius 3 is 2.15 bits per heavy atom. The molecule has 0 aromatic heterocycles. The summed E-state index contributed by atoms with van der Waals surface area (Å²) in [4.78, 5) is 0. The first-order chi connectivity index (χ1) is 9.43. The minimum Gasteiger partial charge on any atom is -0.393 e. The van der Waals surface area contributed by atoms with Gasteiger partial charge in [0.1, 0.15) is 0 Å². The van der Waals surface area contributed by atoms with Crippen molar-refractivity contribution in [2.24, 2.45) is 23.7 Å². The van der Waals surface area contributed by atoms with Gasteiger partial charge in [-0.25, -0.2) is 0 Å². The fourth-order valence-corrected chi connectivity index (χ4v) is 4.26. The number of alkyl halides is 3. The molecule has 4 heteroatoms. The maximum absolute atomic E-state index is 13.1. The van der Waals surface area contributed by atoms with E-state index in [-0.39, 0.29) is 12.3 Å². The molecule has 2 fully saturated rings. The Hall–Kier alpha value is -0.250. The van der Waals surface area contributed by atoms with Crippen molar-refractivity contribution in [3.8, 4) is 0 Å². The number of halogens is 3. The van der Waals surface area contributed by atoms with Gasteiger partial charge in [0, 0.05) is 0 Å². The van der Waals surface area contributed by atoms with Crippen LogP contribution in [0.25, 0.3) is 0 Å². The first-order valence-corrected chi connectivity index (χ1v) is 8.18. The fourth-order valence-electron chi connectivity index (χ4n) is 4.26. The average molecular weight is 292 g/mol. The third kappa shape index (κ3) is 3.69. The van der Waals surface area contributed by atoms with E-state index in [1.807, 2.05) is 0 Å². The van der Waals surface area contributed by atoms with Gasteiger partial charge in [0.2, 0.25) is 0 Å². The molecule has 0 saturated heterocycles. The van der Waals surface area contributed by atoms with Gasteiger partial charge in [0.25, 0.3) is 0 Å². The maximum atomic E-state index is 13.1. The van der Waals surface area contributed by atoms with Crippen molar-refractivity contribution in [1.82, 2.24) is 0 Å². The van der Waals surface area contributed by atoms with E-state index in [2.05, 4.69) is 6.92 Å². The molecule has 0 radical (unpaired) electrons. The van der Waals surface area contributed by atoms with Crippen LogP contribution in [0.15, 0.2) is 0 Å². The number of aliphatic hydroxyl groups excluding tert-OH is 1. The van der Waals surface area contributed by atoms with Crippen molar-refractivity contribution >= 4 is 0 Å². The van der Waals surface area contributed by atoms with Crippen LogP contribution in [0.3, 0.4) is 0 Å². The predicted octanol–water partition coefficient (Wildman–Crippen LogP) is 4.93. The minimum atomic E-state index is -4.15. The van der Waals surface area contributed by atoms with Crippen LogP contribution in [0.2, 0.25) is 0 Å². The van der Waals surface area contributed by atoms with Gasteiger partial charge in [-0.15, -0.1) is 0 Å². The van der Waals surface area contributed by atoms with Gasteiger partial charge in [0.15, 0.2) is 0 Å². The van der Waals surface area contributed by atoms with Crippen molar-refractivity contribution in [2.45, 2.75) is 77.0 Å². The molecule has 2 saturated carbocycles. The lowest BCUT2D eigenvalue weighted by atomic mass is 9.68. The molecule has 0 heterocycles. The molecule has 3 atom stereocenters. The van der Waals surface area contributed by atoms with E-state index in [0.717, 1.165) is 38.5 Å². The summed E-state index contributed by atoms with van der Waals surface area (Å²) in [5, 5.41) is 10.5. The third-order valence-corrected chi connectivity index (χ3v) is 5.63. The first kappa shape index (κ1) is 16.1. The number of rotatable bonds is 3. The van der Waals surface area contributed by atoms with E-state index >= 15 is 0 Å². The van der Waals surface area contributed by atoms with E-state index in [0.29, 0.717) is 18.8 Å². The standard InChI is InChI=1S/C16H27F3O/c1-2-11-7-9-12(10-8-11)15(20)13-5-3-4-6-14(13)16(17,18)19/h11-15,20H,2-10H2,1H3. The Balaban J connectivity index is 1.97. The molecule has 0 amide bonds. The lowest BCUT2D eigenvalue weighted by Crippen LogP contribution is -2.43. The van der Waals surface area contributed by atoms with E-state index in [1.54, 1.807) is 0 Å². The van der Waals surface area contributed by atoms with Crippen molar-refractivity contribution in [1.29, 1.82) is 0 Å². The van der Waals surface area contributed by atoms with Gasteiger partial charge in [-0.1, -0.05) is 39.0 Å². The number of hydrogen-bond acceptors (Lipinski definition) is 1. The maximum Gasteiger partial charge on any atom is 0.392 e. The van der Waals surface area contributed by atoms with E-state index in [1.165, 1.54) is 0 Å². The summed E-state index contributed by atoms with van der Waals surface area (Å²) >= 11 is 0. The van der Waals surface area contributed by atoms with E-state index < -0.39 is 24.1 Å². The summed E-state index contributed by atoms with van der Waals surface area (Å²) in [6.45, 7) is 2.17. The largest absolute Gasteiger partial charge is 0.393 e. The number of hydrogen-bond donors (Lipinski definition) is 1. The molecule has 0 spiro atoms. The molecular formula is C16H27F3O. The van der Waals surface area contributed by atoms with Crippen LogP contribution in [-0.4, -0.2) is 17.4 Å². The quantitative estimate of drug-likeness (QED) is 0.781. The Labute approximate surface area is 119 Å². The van der Waals surface area contributed by atoms with Crippen LogP contribution in [0.1, 0.15) is 64.7 Å². The molecular weight excluding hydrogens is 265 g/mol. The molecule has 2 aliphatic rings. The normalized spacial score (nSPS) is 37.6. The van der Waals surface area contributed by atoms with Gasteiger partial charge >= 0.3 is 6.18 Å². The monoisotopic (exact) mass is 292 g/mol. The van der Waals surface area contributed by atoms with Crippen molar-refractivity contribution < 1.29 is 18.3 Å². The van der Waals surface area contributed by atoms with E-state index in [9.17, 15) is 18.3 Å². The lowest BCUT2D eigenvalue weighted by Gasteiger charge is -2.40. The van der Waals surface area contributed by atoms with Crippen molar-refractivity contribution in [3.63, 3.8) is 0 Å². The molecule has 20 heavy (non-hydrogen) atoms. The molecule has 0 aromatic carbocycles. The van der Waals surface area contributed by atoms with Gasteiger partial charge in [-0.05, 0) is 43.4 Å². The van der Waals surface area contributed by atoms with Gasteiger partial charge < -0.3 is 5.11 Å². The van der Waals surface area contributed by atoms with Crippen LogP contribution in [0.5, 0.6) is 0 Å². The second kappa shape index (κ2) is 6.67. The highest BCUT2D eigenvalue weighted by atomic mass is 19.4. The Kier molecular flexibility index (Phi) is 5.38. The zero-order chi connectivity index (χ0) is 14.8. The second-order valence-corrected chi connectivity index (χ2v) is 6.78. The molecule has 0 bridgehead atoms. The Morgan fingerprint density at radius 1 is 1.00 bits per heavy atom. The molecule has 0 aliphatic heterocycles. The highest BCUT2D eigenvalue weighted by molar-refractivity contribution is 4.89. The van der Waals surface area contributed by atoms with E-state index in [4.69, 9.17) is 0 Å². The zero-order valence-corrected chi connectivity index (χ0v) is 12.3.